The number of aromatic hydroxyl groups is 1. The molecule has 0 bridgehead atoms. The largest absolute Gasteiger partial charge is 0.505 e. The van der Waals surface area contributed by atoms with E-state index < -0.39 is 11.6 Å². The van der Waals surface area contributed by atoms with E-state index in [0.717, 1.165) is 6.07 Å². The topological polar surface area (TPSA) is 73.9 Å². The van der Waals surface area contributed by atoms with Crippen LogP contribution in [0.1, 0.15) is 12.0 Å². The Labute approximate surface area is 97.8 Å². The molecule has 0 spiro atoms. The van der Waals surface area contributed by atoms with Crippen LogP contribution >= 0.6 is 0 Å². The van der Waals surface area contributed by atoms with Crippen molar-refractivity contribution in [2.45, 2.75) is 12.8 Å². The van der Waals surface area contributed by atoms with Crippen LogP contribution in [0.3, 0.4) is 0 Å². The molecule has 0 amide bonds. The fraction of sp³-hybridized carbons (Fsp3) is 0.455. The predicted molar refractivity (Wildman–Crippen MR) is 57.5 cm³/mol. The molecule has 17 heavy (non-hydrogen) atoms. The summed E-state index contributed by atoms with van der Waals surface area (Å²) in [6.45, 7) is 1.09. The Bertz CT molecular complexity index is 411. The zero-order chi connectivity index (χ0) is 12.3. The number of halogens is 1. The lowest BCUT2D eigenvalue weighted by molar-refractivity contribution is 0.140. The number of hydrogen-bond donors (Lipinski definition) is 2. The van der Waals surface area contributed by atoms with Gasteiger partial charge in [0.15, 0.2) is 23.1 Å². The van der Waals surface area contributed by atoms with E-state index in [1.807, 2.05) is 0 Å². The van der Waals surface area contributed by atoms with Gasteiger partial charge in [0, 0.05) is 24.5 Å². The number of hydrogen-bond acceptors (Lipinski definition) is 5. The highest BCUT2D eigenvalue weighted by atomic mass is 19.1. The highest BCUT2D eigenvalue weighted by molar-refractivity contribution is 5.54. The van der Waals surface area contributed by atoms with Gasteiger partial charge in [-0.15, -0.1) is 0 Å². The van der Waals surface area contributed by atoms with Gasteiger partial charge in [0.25, 0.3) is 0 Å². The third kappa shape index (κ3) is 2.42. The first kappa shape index (κ1) is 11.9. The second-order valence-corrected chi connectivity index (χ2v) is 3.68. The Morgan fingerprint density at radius 2 is 2.18 bits per heavy atom. The molecule has 0 radical (unpaired) electrons. The van der Waals surface area contributed by atoms with Crippen LogP contribution in [0.15, 0.2) is 6.07 Å². The summed E-state index contributed by atoms with van der Waals surface area (Å²) in [6, 6.07) is 1.13. The van der Waals surface area contributed by atoms with Gasteiger partial charge in [0.2, 0.25) is 0 Å². The maximum absolute atomic E-state index is 13.5. The number of ether oxygens (including phenoxy) is 2. The van der Waals surface area contributed by atoms with Gasteiger partial charge < -0.3 is 19.4 Å². The average Bonchev–Trinajstić information content (AvgIpc) is 2.55. The lowest BCUT2D eigenvalue weighted by Gasteiger charge is -2.14. The zero-order valence-electron chi connectivity index (χ0n) is 9.24. The number of fused-ring (bicyclic) bond motifs is 1. The van der Waals surface area contributed by atoms with Crippen LogP contribution in [0, 0.1) is 5.82 Å². The molecule has 0 atom stereocenters. The van der Waals surface area contributed by atoms with Gasteiger partial charge in [-0.3, -0.25) is 0 Å². The quantitative estimate of drug-likeness (QED) is 0.778. The van der Waals surface area contributed by atoms with Crippen molar-refractivity contribution in [3.05, 3.63) is 17.4 Å². The summed E-state index contributed by atoms with van der Waals surface area (Å²) < 4.78 is 24.3. The standard InChI is InChI=1S/C11H14FNO4/c12-8-6-9-11(16-4-1-3-15-9)7(10(8)14)2-5-17-13/h6,14H,1-5,13H2. The monoisotopic (exact) mass is 243 g/mol. The van der Waals surface area contributed by atoms with Gasteiger partial charge >= 0.3 is 0 Å². The average molecular weight is 243 g/mol. The van der Waals surface area contributed by atoms with Crippen LogP contribution < -0.4 is 15.4 Å². The Hall–Kier alpha value is -1.53. The van der Waals surface area contributed by atoms with Gasteiger partial charge in [0.05, 0.1) is 19.8 Å². The smallest absolute Gasteiger partial charge is 0.169 e. The maximum Gasteiger partial charge on any atom is 0.169 e. The molecule has 1 aliphatic rings. The molecular formula is C11H14FNO4. The van der Waals surface area contributed by atoms with Gasteiger partial charge in [-0.1, -0.05) is 0 Å². The molecule has 1 aromatic rings. The maximum atomic E-state index is 13.5. The third-order valence-corrected chi connectivity index (χ3v) is 2.53. The van der Waals surface area contributed by atoms with Crippen LogP contribution in [0.25, 0.3) is 0 Å². The zero-order valence-corrected chi connectivity index (χ0v) is 9.24. The summed E-state index contributed by atoms with van der Waals surface area (Å²) in [5.41, 5.74) is 0.326. The van der Waals surface area contributed by atoms with E-state index in [9.17, 15) is 9.50 Å². The van der Waals surface area contributed by atoms with E-state index in [1.165, 1.54) is 0 Å². The molecule has 0 saturated carbocycles. The minimum Gasteiger partial charge on any atom is -0.505 e. The Morgan fingerprint density at radius 1 is 1.41 bits per heavy atom. The van der Waals surface area contributed by atoms with E-state index in [-0.39, 0.29) is 13.0 Å². The first-order valence-corrected chi connectivity index (χ1v) is 5.35. The van der Waals surface area contributed by atoms with E-state index in [4.69, 9.17) is 15.4 Å². The number of benzene rings is 1. The predicted octanol–water partition coefficient (Wildman–Crippen LogP) is 1.13. The van der Waals surface area contributed by atoms with Crippen molar-refractivity contribution in [2.24, 2.45) is 5.90 Å². The lowest BCUT2D eigenvalue weighted by atomic mass is 10.1. The first-order chi connectivity index (χ1) is 8.24. The van der Waals surface area contributed by atoms with Crippen LogP contribution in [0.5, 0.6) is 17.2 Å². The molecule has 94 valence electrons. The van der Waals surface area contributed by atoms with Crippen LogP contribution in [0.4, 0.5) is 4.39 Å². The molecule has 6 heteroatoms. The van der Waals surface area contributed by atoms with Crippen molar-refractivity contribution in [2.75, 3.05) is 19.8 Å². The van der Waals surface area contributed by atoms with E-state index >= 15 is 0 Å². The summed E-state index contributed by atoms with van der Waals surface area (Å²) in [7, 11) is 0. The number of rotatable bonds is 3. The summed E-state index contributed by atoms with van der Waals surface area (Å²) >= 11 is 0. The molecule has 1 aromatic carbocycles. The normalized spacial score (nSPS) is 14.5. The minimum atomic E-state index is -0.735. The third-order valence-electron chi connectivity index (χ3n) is 2.53. The van der Waals surface area contributed by atoms with Crippen molar-refractivity contribution >= 4 is 0 Å². The van der Waals surface area contributed by atoms with Crippen molar-refractivity contribution in [3.8, 4) is 17.2 Å². The van der Waals surface area contributed by atoms with E-state index in [1.54, 1.807) is 0 Å². The Kier molecular flexibility index (Phi) is 3.65. The Morgan fingerprint density at radius 3 is 2.94 bits per heavy atom. The fourth-order valence-corrected chi connectivity index (χ4v) is 1.72. The van der Waals surface area contributed by atoms with Crippen LogP contribution in [-0.2, 0) is 11.3 Å². The molecule has 0 saturated heterocycles. The summed E-state index contributed by atoms with van der Waals surface area (Å²) in [6.07, 6.45) is 0.968. The highest BCUT2D eigenvalue weighted by Gasteiger charge is 2.21. The van der Waals surface area contributed by atoms with Crippen molar-refractivity contribution in [1.29, 1.82) is 0 Å². The van der Waals surface area contributed by atoms with Crippen molar-refractivity contribution < 1.29 is 23.8 Å². The molecule has 0 fully saturated rings. The molecular weight excluding hydrogens is 229 g/mol. The highest BCUT2D eigenvalue weighted by Crippen LogP contribution is 2.40. The molecule has 1 aliphatic heterocycles. The van der Waals surface area contributed by atoms with E-state index in [2.05, 4.69) is 4.84 Å². The SMILES string of the molecule is NOCCc1c(O)c(F)cc2c1OCCCO2. The molecule has 1 heterocycles. The number of phenolic OH excluding ortho intramolecular Hbond substituents is 1. The molecule has 3 N–H and O–H groups in total. The summed E-state index contributed by atoms with van der Waals surface area (Å²) in [5.74, 6) is 4.43. The molecule has 0 aliphatic carbocycles. The number of phenols is 1. The number of nitrogens with two attached hydrogens (primary N) is 1. The summed E-state index contributed by atoms with van der Waals surface area (Å²) in [5, 5.41) is 9.67. The molecule has 0 unspecified atom stereocenters. The second kappa shape index (κ2) is 5.20. The first-order valence-electron chi connectivity index (χ1n) is 5.35. The van der Waals surface area contributed by atoms with Gasteiger partial charge in [0.1, 0.15) is 0 Å². The second-order valence-electron chi connectivity index (χ2n) is 3.68. The van der Waals surface area contributed by atoms with Gasteiger partial charge in [-0.2, -0.15) is 0 Å². The van der Waals surface area contributed by atoms with Crippen molar-refractivity contribution in [1.82, 2.24) is 0 Å². The molecule has 5 nitrogen and oxygen atoms in total. The van der Waals surface area contributed by atoms with Crippen LogP contribution in [0.2, 0.25) is 0 Å². The van der Waals surface area contributed by atoms with Gasteiger partial charge in [-0.25, -0.2) is 10.3 Å². The lowest BCUT2D eigenvalue weighted by Crippen LogP contribution is -2.06. The molecule has 0 aromatic heterocycles. The van der Waals surface area contributed by atoms with Crippen molar-refractivity contribution in [3.63, 3.8) is 0 Å². The molecule has 2 rings (SSSR count). The van der Waals surface area contributed by atoms with Gasteiger partial charge in [-0.05, 0) is 0 Å². The fourth-order valence-electron chi connectivity index (χ4n) is 1.72. The Balaban J connectivity index is 2.42. The van der Waals surface area contributed by atoms with E-state index in [0.29, 0.717) is 36.7 Å². The van der Waals surface area contributed by atoms with Crippen LogP contribution in [-0.4, -0.2) is 24.9 Å². The minimum absolute atomic E-state index is 0.160. The summed E-state index contributed by atoms with van der Waals surface area (Å²) in [4.78, 5) is 4.43.